The van der Waals surface area contributed by atoms with Crippen LogP contribution in [0.4, 0.5) is 0 Å². The summed E-state index contributed by atoms with van der Waals surface area (Å²) >= 11 is 0. The quantitative estimate of drug-likeness (QED) is 0.824. The van der Waals surface area contributed by atoms with E-state index in [1.165, 1.54) is 0 Å². The Kier molecular flexibility index (Phi) is 1.87. The monoisotopic (exact) mass is 220 g/mol. The Morgan fingerprint density at radius 3 is 2.62 bits per heavy atom. The first-order valence-corrected chi connectivity index (χ1v) is 5.34. The van der Waals surface area contributed by atoms with E-state index in [1.807, 2.05) is 18.2 Å². The summed E-state index contributed by atoms with van der Waals surface area (Å²) in [5.41, 5.74) is -0.715. The van der Waals surface area contributed by atoms with Gasteiger partial charge >= 0.3 is 5.97 Å². The highest BCUT2D eigenvalue weighted by Gasteiger charge is 2.59. The average molecular weight is 220 g/mol. The van der Waals surface area contributed by atoms with Crippen LogP contribution in [0.5, 0.6) is 11.5 Å². The molecule has 3 rings (SSSR count). The highest BCUT2D eigenvalue weighted by molar-refractivity contribution is 5.78. The summed E-state index contributed by atoms with van der Waals surface area (Å²) < 4.78 is 11.2. The number of carboxylic acid groups (broad SMARTS) is 1. The van der Waals surface area contributed by atoms with Crippen molar-refractivity contribution in [3.63, 3.8) is 0 Å². The van der Waals surface area contributed by atoms with Crippen LogP contribution in [-0.4, -0.2) is 23.8 Å². The fourth-order valence-electron chi connectivity index (χ4n) is 2.10. The summed E-state index contributed by atoms with van der Waals surface area (Å²) in [5.74, 6) is 0.562. The Hall–Kier alpha value is -1.71. The molecule has 1 N–H and O–H groups in total. The molecular weight excluding hydrogens is 208 g/mol. The lowest BCUT2D eigenvalue weighted by atomic mass is 9.99. The highest BCUT2D eigenvalue weighted by Crippen LogP contribution is 2.52. The van der Waals surface area contributed by atoms with Crippen molar-refractivity contribution in [3.05, 3.63) is 24.3 Å². The van der Waals surface area contributed by atoms with Crippen LogP contribution in [0.15, 0.2) is 24.3 Å². The SMILES string of the molecule is O=C(O)C1(C2COc3ccccc3O2)CC1. The molecule has 1 fully saturated rings. The van der Waals surface area contributed by atoms with Crippen LogP contribution >= 0.6 is 0 Å². The van der Waals surface area contributed by atoms with Gasteiger partial charge in [0.15, 0.2) is 11.5 Å². The minimum atomic E-state index is -0.777. The van der Waals surface area contributed by atoms with Gasteiger partial charge in [-0.15, -0.1) is 0 Å². The number of para-hydroxylation sites is 2. The van der Waals surface area contributed by atoms with E-state index < -0.39 is 11.4 Å². The number of hydrogen-bond acceptors (Lipinski definition) is 3. The first-order valence-electron chi connectivity index (χ1n) is 5.34. The largest absolute Gasteiger partial charge is 0.486 e. The second-order valence-electron chi connectivity index (χ2n) is 4.33. The first-order chi connectivity index (χ1) is 7.72. The van der Waals surface area contributed by atoms with Crippen molar-refractivity contribution >= 4 is 5.97 Å². The fourth-order valence-corrected chi connectivity index (χ4v) is 2.10. The van der Waals surface area contributed by atoms with Gasteiger partial charge in [0.05, 0.1) is 0 Å². The van der Waals surface area contributed by atoms with Gasteiger partial charge in [-0.2, -0.15) is 0 Å². The topological polar surface area (TPSA) is 55.8 Å². The van der Waals surface area contributed by atoms with Crippen LogP contribution in [0.25, 0.3) is 0 Å². The van der Waals surface area contributed by atoms with Gasteiger partial charge < -0.3 is 14.6 Å². The molecule has 1 aliphatic heterocycles. The third-order valence-corrected chi connectivity index (χ3v) is 3.34. The van der Waals surface area contributed by atoms with Crippen molar-refractivity contribution in [2.45, 2.75) is 18.9 Å². The number of rotatable bonds is 2. The fraction of sp³-hybridized carbons (Fsp3) is 0.417. The van der Waals surface area contributed by atoms with Crippen molar-refractivity contribution < 1.29 is 19.4 Å². The van der Waals surface area contributed by atoms with E-state index in [9.17, 15) is 4.79 Å². The summed E-state index contributed by atoms with van der Waals surface area (Å²) in [4.78, 5) is 11.2. The maximum Gasteiger partial charge on any atom is 0.313 e. The molecule has 4 heteroatoms. The molecule has 4 nitrogen and oxygen atoms in total. The van der Waals surface area contributed by atoms with Gasteiger partial charge in [-0.1, -0.05) is 12.1 Å². The van der Waals surface area contributed by atoms with Gasteiger partial charge in [-0.3, -0.25) is 4.79 Å². The summed E-state index contributed by atoms with van der Waals surface area (Å²) in [5, 5.41) is 9.17. The zero-order chi connectivity index (χ0) is 11.2. The number of fused-ring (bicyclic) bond motifs is 1. The summed E-state index contributed by atoms with van der Waals surface area (Å²) in [6, 6.07) is 7.35. The van der Waals surface area contributed by atoms with E-state index in [0.29, 0.717) is 30.9 Å². The second-order valence-corrected chi connectivity index (χ2v) is 4.33. The second kappa shape index (κ2) is 3.14. The molecule has 1 unspecified atom stereocenters. The number of carboxylic acids is 1. The van der Waals surface area contributed by atoms with Crippen LogP contribution in [0.1, 0.15) is 12.8 Å². The third kappa shape index (κ3) is 1.26. The highest BCUT2D eigenvalue weighted by atomic mass is 16.6. The minimum Gasteiger partial charge on any atom is -0.486 e. The lowest BCUT2D eigenvalue weighted by Crippen LogP contribution is -2.41. The van der Waals surface area contributed by atoms with Gasteiger partial charge in [-0.25, -0.2) is 0 Å². The number of carbonyl (C=O) groups is 1. The van der Waals surface area contributed by atoms with Gasteiger partial charge in [0, 0.05) is 0 Å². The molecule has 1 atom stereocenters. The van der Waals surface area contributed by atoms with Crippen molar-refractivity contribution in [2.75, 3.05) is 6.61 Å². The normalized spacial score (nSPS) is 24.9. The van der Waals surface area contributed by atoms with Gasteiger partial charge in [0.1, 0.15) is 18.1 Å². The summed E-state index contributed by atoms with van der Waals surface area (Å²) in [6.07, 6.45) is 0.997. The van der Waals surface area contributed by atoms with Crippen molar-refractivity contribution in [2.24, 2.45) is 5.41 Å². The van der Waals surface area contributed by atoms with Crippen LogP contribution < -0.4 is 9.47 Å². The zero-order valence-electron chi connectivity index (χ0n) is 8.68. The molecule has 1 aromatic rings. The molecule has 16 heavy (non-hydrogen) atoms. The predicted octanol–water partition coefficient (Wildman–Crippen LogP) is 1.69. The number of hydrogen-bond donors (Lipinski definition) is 1. The molecule has 1 saturated carbocycles. The number of ether oxygens (including phenoxy) is 2. The van der Waals surface area contributed by atoms with Crippen LogP contribution in [0.2, 0.25) is 0 Å². The maximum atomic E-state index is 11.2. The molecule has 0 radical (unpaired) electrons. The molecule has 1 heterocycles. The molecule has 0 bridgehead atoms. The minimum absolute atomic E-state index is 0.323. The Morgan fingerprint density at radius 2 is 2.00 bits per heavy atom. The lowest BCUT2D eigenvalue weighted by Gasteiger charge is -2.30. The van der Waals surface area contributed by atoms with E-state index in [0.717, 1.165) is 0 Å². The Balaban J connectivity index is 1.86. The molecular formula is C12H12O4. The average Bonchev–Trinajstić information content (AvgIpc) is 3.09. The van der Waals surface area contributed by atoms with E-state index in [1.54, 1.807) is 6.07 Å². The van der Waals surface area contributed by atoms with Crippen molar-refractivity contribution in [1.82, 2.24) is 0 Å². The molecule has 2 aliphatic rings. The Bertz CT molecular complexity index is 436. The van der Waals surface area contributed by atoms with E-state index in [-0.39, 0.29) is 6.10 Å². The van der Waals surface area contributed by atoms with Crippen molar-refractivity contribution in [3.8, 4) is 11.5 Å². The van der Waals surface area contributed by atoms with E-state index in [4.69, 9.17) is 14.6 Å². The third-order valence-electron chi connectivity index (χ3n) is 3.34. The van der Waals surface area contributed by atoms with Crippen LogP contribution in [0.3, 0.4) is 0 Å². The Morgan fingerprint density at radius 1 is 1.31 bits per heavy atom. The molecule has 0 spiro atoms. The maximum absolute atomic E-state index is 11.2. The zero-order valence-corrected chi connectivity index (χ0v) is 8.68. The van der Waals surface area contributed by atoms with E-state index >= 15 is 0 Å². The molecule has 84 valence electrons. The van der Waals surface area contributed by atoms with Gasteiger partial charge in [0.25, 0.3) is 0 Å². The lowest BCUT2D eigenvalue weighted by molar-refractivity contribution is -0.148. The molecule has 1 aromatic carbocycles. The summed E-state index contributed by atoms with van der Waals surface area (Å²) in [7, 11) is 0. The smallest absolute Gasteiger partial charge is 0.313 e. The molecule has 0 saturated heterocycles. The number of benzene rings is 1. The van der Waals surface area contributed by atoms with Crippen molar-refractivity contribution in [1.29, 1.82) is 0 Å². The van der Waals surface area contributed by atoms with Crippen LogP contribution in [0, 0.1) is 5.41 Å². The first kappa shape index (κ1) is 9.51. The number of aliphatic carboxylic acids is 1. The Labute approximate surface area is 92.8 Å². The predicted molar refractivity (Wildman–Crippen MR) is 55.7 cm³/mol. The standard InChI is InChI=1S/C12H12O4/c13-11(14)12(5-6-12)10-7-15-8-3-1-2-4-9(8)16-10/h1-4,10H,5-7H2,(H,13,14). The van der Waals surface area contributed by atoms with Gasteiger partial charge in [-0.05, 0) is 25.0 Å². The molecule has 0 amide bonds. The molecule has 1 aliphatic carbocycles. The van der Waals surface area contributed by atoms with Crippen LogP contribution in [-0.2, 0) is 4.79 Å². The molecule has 0 aromatic heterocycles. The van der Waals surface area contributed by atoms with E-state index in [2.05, 4.69) is 0 Å². The van der Waals surface area contributed by atoms with Gasteiger partial charge in [0.2, 0.25) is 0 Å². The summed E-state index contributed by atoms with van der Waals surface area (Å²) in [6.45, 7) is 0.323.